The summed E-state index contributed by atoms with van der Waals surface area (Å²) < 4.78 is 0. The molecule has 0 unspecified atom stereocenters. The summed E-state index contributed by atoms with van der Waals surface area (Å²) in [5.41, 5.74) is 0.279. The molecule has 35 heavy (non-hydrogen) atoms. The van der Waals surface area contributed by atoms with E-state index in [1.54, 1.807) is 18.0 Å². The Morgan fingerprint density at radius 2 is 2.03 bits per heavy atom. The summed E-state index contributed by atoms with van der Waals surface area (Å²) in [5.74, 6) is 2.58. The molecule has 1 aromatic heterocycles. The highest BCUT2D eigenvalue weighted by atomic mass is 32.2. The summed E-state index contributed by atoms with van der Waals surface area (Å²) in [5, 5.41) is 12.6. The summed E-state index contributed by atoms with van der Waals surface area (Å²) in [4.78, 5) is 37.3. The van der Waals surface area contributed by atoms with Crippen molar-refractivity contribution in [1.82, 2.24) is 30.8 Å². The van der Waals surface area contributed by atoms with Crippen molar-refractivity contribution in [2.75, 3.05) is 50.0 Å². The molecule has 1 aliphatic heterocycles. The van der Waals surface area contributed by atoms with Gasteiger partial charge in [-0.15, -0.1) is 0 Å². The minimum atomic E-state index is -0.222. The van der Waals surface area contributed by atoms with Crippen molar-refractivity contribution < 1.29 is 9.59 Å². The van der Waals surface area contributed by atoms with Gasteiger partial charge >= 0.3 is 6.03 Å². The fourth-order valence-electron chi connectivity index (χ4n) is 4.07. The largest absolute Gasteiger partial charge is 0.369 e. The standard InChI is InChI=1S/C25H45N7O2S/c1-8-27-24(34)30-18-12-19(14-26-13-18)32(16-17(2)3)22(33)20-15-29-23(25(4,5)6)31-21(20)28-10-9-11-35-7/h15,17-19,26H,8-14,16H2,1-7H3,(H2,27,30,34)(H,28,29,31)/t18-,19+/m1/s1. The Morgan fingerprint density at radius 3 is 2.66 bits per heavy atom. The van der Waals surface area contributed by atoms with E-state index in [0.29, 0.717) is 55.7 Å². The summed E-state index contributed by atoms with van der Waals surface area (Å²) in [6, 6.07) is -0.270. The summed E-state index contributed by atoms with van der Waals surface area (Å²) >= 11 is 1.80. The smallest absolute Gasteiger partial charge is 0.315 e. The average molecular weight is 508 g/mol. The van der Waals surface area contributed by atoms with Crippen molar-refractivity contribution in [3.8, 4) is 0 Å². The van der Waals surface area contributed by atoms with Gasteiger partial charge in [-0.1, -0.05) is 34.6 Å². The molecule has 2 atom stereocenters. The first-order valence-corrected chi connectivity index (χ1v) is 14.1. The fraction of sp³-hybridized carbons (Fsp3) is 0.760. The molecule has 0 aromatic carbocycles. The number of aromatic nitrogens is 2. The number of hydrogen-bond donors (Lipinski definition) is 4. The number of amides is 3. The van der Waals surface area contributed by atoms with Crippen molar-refractivity contribution in [3.63, 3.8) is 0 Å². The minimum Gasteiger partial charge on any atom is -0.369 e. The highest BCUT2D eigenvalue weighted by Crippen LogP contribution is 2.24. The molecule has 2 heterocycles. The van der Waals surface area contributed by atoms with Crippen LogP contribution in [0.15, 0.2) is 6.20 Å². The van der Waals surface area contributed by atoms with Gasteiger partial charge < -0.3 is 26.2 Å². The number of piperidine rings is 1. The third kappa shape index (κ3) is 9.14. The SMILES string of the molecule is CCNC(=O)N[C@H]1CNC[C@@H](N(CC(C)C)C(=O)c2cnc(C(C)(C)C)nc2NCCCSC)C1. The summed E-state index contributed by atoms with van der Waals surface area (Å²) in [6.07, 6.45) is 5.45. The maximum atomic E-state index is 14.0. The molecule has 0 aliphatic carbocycles. The fourth-order valence-corrected chi connectivity index (χ4v) is 4.50. The van der Waals surface area contributed by atoms with Crippen LogP contribution in [0, 0.1) is 5.92 Å². The first kappa shape index (κ1) is 29.2. The zero-order valence-electron chi connectivity index (χ0n) is 22.5. The van der Waals surface area contributed by atoms with Crippen molar-refractivity contribution in [2.45, 2.75) is 71.9 Å². The Hall–Kier alpha value is -2.07. The van der Waals surface area contributed by atoms with E-state index in [1.807, 2.05) is 11.8 Å². The molecule has 0 radical (unpaired) electrons. The highest BCUT2D eigenvalue weighted by molar-refractivity contribution is 7.98. The van der Waals surface area contributed by atoms with Gasteiger partial charge in [0.05, 0.1) is 0 Å². The molecule has 1 saturated heterocycles. The van der Waals surface area contributed by atoms with Gasteiger partial charge in [0.25, 0.3) is 5.91 Å². The second kappa shape index (κ2) is 13.9. The third-order valence-corrected chi connectivity index (χ3v) is 6.47. The number of carbonyl (C=O) groups is 2. The van der Waals surface area contributed by atoms with Crippen molar-refractivity contribution in [3.05, 3.63) is 17.6 Å². The van der Waals surface area contributed by atoms with Crippen LogP contribution in [0.5, 0.6) is 0 Å². The predicted octanol–water partition coefficient (Wildman–Crippen LogP) is 3.09. The summed E-state index contributed by atoms with van der Waals surface area (Å²) in [6.45, 7) is 15.6. The van der Waals surface area contributed by atoms with E-state index in [4.69, 9.17) is 4.98 Å². The molecule has 4 N–H and O–H groups in total. The lowest BCUT2D eigenvalue weighted by Crippen LogP contribution is -2.58. The predicted molar refractivity (Wildman–Crippen MR) is 145 cm³/mol. The Bertz CT molecular complexity index is 829. The molecule has 1 aliphatic rings. The van der Waals surface area contributed by atoms with E-state index in [0.717, 1.165) is 18.7 Å². The second-order valence-corrected chi connectivity index (χ2v) is 11.6. The van der Waals surface area contributed by atoms with E-state index in [-0.39, 0.29) is 29.4 Å². The normalized spacial score (nSPS) is 18.3. The highest BCUT2D eigenvalue weighted by Gasteiger charge is 2.33. The van der Waals surface area contributed by atoms with Gasteiger partial charge in [-0.2, -0.15) is 11.8 Å². The van der Waals surface area contributed by atoms with E-state index < -0.39 is 0 Å². The number of hydrogen-bond acceptors (Lipinski definition) is 7. The Kier molecular flexibility index (Phi) is 11.6. The number of urea groups is 1. The number of nitrogens with zero attached hydrogens (tertiary/aromatic N) is 3. The van der Waals surface area contributed by atoms with E-state index in [9.17, 15) is 9.59 Å². The quantitative estimate of drug-likeness (QED) is 0.341. The maximum absolute atomic E-state index is 14.0. The van der Waals surface area contributed by atoms with Crippen molar-refractivity contribution in [1.29, 1.82) is 0 Å². The van der Waals surface area contributed by atoms with E-state index in [2.05, 4.69) is 67.1 Å². The molecule has 198 valence electrons. The Labute approximate surface area is 215 Å². The first-order valence-electron chi connectivity index (χ1n) is 12.7. The molecule has 0 spiro atoms. The van der Waals surface area contributed by atoms with Gasteiger partial charge in [0, 0.05) is 56.4 Å². The zero-order chi connectivity index (χ0) is 26.0. The Morgan fingerprint density at radius 1 is 1.29 bits per heavy atom. The van der Waals surface area contributed by atoms with E-state index >= 15 is 0 Å². The van der Waals surface area contributed by atoms with Crippen LogP contribution in [0.25, 0.3) is 0 Å². The molecule has 2 rings (SSSR count). The lowest BCUT2D eigenvalue weighted by atomic mass is 9.95. The van der Waals surface area contributed by atoms with Crippen LogP contribution in [0.3, 0.4) is 0 Å². The van der Waals surface area contributed by atoms with Crippen molar-refractivity contribution >= 4 is 29.5 Å². The molecule has 1 aromatic rings. The van der Waals surface area contributed by atoms with Crippen LogP contribution in [0.4, 0.5) is 10.6 Å². The number of nitrogens with one attached hydrogen (secondary N) is 4. The number of thioether (sulfide) groups is 1. The molecule has 10 heteroatoms. The number of anilines is 1. The lowest BCUT2D eigenvalue weighted by molar-refractivity contribution is 0.0605. The van der Waals surface area contributed by atoms with Crippen LogP contribution in [0.2, 0.25) is 0 Å². The van der Waals surface area contributed by atoms with Gasteiger partial charge in [-0.05, 0) is 37.7 Å². The lowest BCUT2D eigenvalue weighted by Gasteiger charge is -2.39. The number of carbonyl (C=O) groups excluding carboxylic acids is 2. The molecular formula is C25H45N7O2S. The molecule has 3 amide bonds. The van der Waals surface area contributed by atoms with E-state index in [1.165, 1.54) is 0 Å². The van der Waals surface area contributed by atoms with Crippen LogP contribution >= 0.6 is 11.8 Å². The molecule has 9 nitrogen and oxygen atoms in total. The Balaban J connectivity index is 2.31. The monoisotopic (exact) mass is 507 g/mol. The average Bonchev–Trinajstić information content (AvgIpc) is 2.79. The first-order chi connectivity index (χ1) is 16.6. The number of rotatable bonds is 11. The van der Waals surface area contributed by atoms with Crippen LogP contribution in [-0.4, -0.2) is 83.6 Å². The van der Waals surface area contributed by atoms with Crippen molar-refractivity contribution in [2.24, 2.45) is 5.92 Å². The third-order valence-electron chi connectivity index (χ3n) is 5.77. The zero-order valence-corrected chi connectivity index (χ0v) is 23.3. The van der Waals surface area contributed by atoms with Gasteiger partial charge in [0.2, 0.25) is 0 Å². The second-order valence-electron chi connectivity index (χ2n) is 10.6. The molecular weight excluding hydrogens is 462 g/mol. The van der Waals surface area contributed by atoms with Gasteiger partial charge in [0.1, 0.15) is 17.2 Å². The minimum absolute atomic E-state index is 0.0442. The van der Waals surface area contributed by atoms with Crippen LogP contribution in [-0.2, 0) is 5.41 Å². The molecule has 0 saturated carbocycles. The van der Waals surface area contributed by atoms with Gasteiger partial charge in [0.15, 0.2) is 0 Å². The van der Waals surface area contributed by atoms with Gasteiger partial charge in [-0.3, -0.25) is 4.79 Å². The topological polar surface area (TPSA) is 111 Å². The van der Waals surface area contributed by atoms with Crippen LogP contribution < -0.4 is 21.3 Å². The maximum Gasteiger partial charge on any atom is 0.315 e. The van der Waals surface area contributed by atoms with Gasteiger partial charge in [-0.25, -0.2) is 14.8 Å². The van der Waals surface area contributed by atoms with Crippen LogP contribution in [0.1, 0.15) is 70.6 Å². The molecule has 0 bridgehead atoms. The molecule has 1 fully saturated rings. The summed E-state index contributed by atoms with van der Waals surface area (Å²) in [7, 11) is 0.